The molecule has 1 saturated heterocycles. The Bertz CT molecular complexity index is 1990. The number of rotatable bonds is 8. The number of pyridine rings is 1. The molecule has 3 aromatic heterocycles. The first-order valence-electron chi connectivity index (χ1n) is 18.1. The van der Waals surface area contributed by atoms with Crippen LogP contribution in [0.15, 0.2) is 55.0 Å². The van der Waals surface area contributed by atoms with E-state index < -0.39 is 60.0 Å². The average Bonchev–Trinajstić information content (AvgIpc) is 3.48. The lowest BCUT2D eigenvalue weighted by molar-refractivity contribution is -0.144. The number of anilines is 1. The third kappa shape index (κ3) is 7.26. The molecule has 1 aliphatic heterocycles. The number of carbonyl (C=O) groups excluding carboxylic acids is 1. The van der Waals surface area contributed by atoms with Crippen LogP contribution in [0.3, 0.4) is 0 Å². The molecule has 4 heterocycles. The van der Waals surface area contributed by atoms with Crippen LogP contribution in [0, 0.1) is 17.8 Å². The van der Waals surface area contributed by atoms with E-state index in [0.717, 1.165) is 12.5 Å². The Morgan fingerprint density at radius 2 is 1.64 bits per heavy atom. The molecule has 4 aromatic rings. The van der Waals surface area contributed by atoms with Crippen molar-refractivity contribution >= 4 is 28.7 Å². The molecule has 4 aliphatic rings. The first kappa shape index (κ1) is 35.2. The number of hydrogen-bond acceptors (Lipinski definition) is 7. The predicted molar refractivity (Wildman–Crippen MR) is 184 cm³/mol. The summed E-state index contributed by atoms with van der Waals surface area (Å²) in [5.74, 6) is -3.67. The van der Waals surface area contributed by atoms with Crippen molar-refractivity contribution in [3.8, 4) is 17.0 Å². The molecule has 15 heteroatoms. The van der Waals surface area contributed by atoms with Gasteiger partial charge in [0, 0.05) is 86.5 Å². The van der Waals surface area contributed by atoms with Gasteiger partial charge in [-0.25, -0.2) is 23.7 Å². The van der Waals surface area contributed by atoms with Crippen molar-refractivity contribution < 1.29 is 41.4 Å². The summed E-state index contributed by atoms with van der Waals surface area (Å²) in [6.45, 7) is 1.37. The van der Waals surface area contributed by atoms with Crippen LogP contribution < -0.4 is 15.0 Å². The Balaban J connectivity index is 1.04. The standard InChI is InChI=1S/C38H39F5N6O4/c39-37(40)18-25(19-37)49-20-30(28-3-2-27(17-32(28)49)53-26-6-10-48(11-7-26)36-44-8-1-9-45-36)31-5-4-29(33(47-31)38(41,42)43)34(50)46-24-15-21-12-22(16-24)14-23(13-21)35(51)52/h1-5,8-9,17,20-26H,6-7,10-16,18-19H2,(H,46,50)(H,51,52). The van der Waals surface area contributed by atoms with E-state index in [-0.39, 0.29) is 29.7 Å². The van der Waals surface area contributed by atoms with Gasteiger partial charge in [-0.1, -0.05) is 0 Å². The SMILES string of the molecule is O=C(NC1CC2CC(C1)CC(C(=O)O)C2)c1ccc(-c2cn(C3CC(F)(F)C3)c3cc(OC4CCN(c5ncccn5)CC4)ccc23)nc1C(F)(F)F. The monoisotopic (exact) mass is 738 g/mol. The second-order valence-electron chi connectivity index (χ2n) is 15.1. The molecule has 3 saturated carbocycles. The van der Waals surface area contributed by atoms with Gasteiger partial charge in [-0.3, -0.25) is 9.59 Å². The number of piperidine rings is 1. The zero-order chi connectivity index (χ0) is 37.1. The van der Waals surface area contributed by atoms with Crippen molar-refractivity contribution in [3.63, 3.8) is 0 Å². The van der Waals surface area contributed by atoms with Crippen molar-refractivity contribution in [2.45, 2.75) is 88.1 Å². The number of amides is 1. The minimum atomic E-state index is -4.96. The summed E-state index contributed by atoms with van der Waals surface area (Å²) in [6, 6.07) is 8.47. The molecular weight excluding hydrogens is 699 g/mol. The molecule has 2 N–H and O–H groups in total. The fraction of sp³-hybridized carbons (Fsp3) is 0.500. The van der Waals surface area contributed by atoms with Crippen LogP contribution in [0.1, 0.15) is 79.9 Å². The molecule has 2 bridgehead atoms. The van der Waals surface area contributed by atoms with E-state index >= 15 is 0 Å². The molecule has 2 unspecified atom stereocenters. The fourth-order valence-corrected chi connectivity index (χ4v) is 8.90. The van der Waals surface area contributed by atoms with Crippen molar-refractivity contribution in [1.82, 2.24) is 24.8 Å². The number of benzene rings is 1. The topological polar surface area (TPSA) is 122 Å². The Morgan fingerprint density at radius 1 is 0.943 bits per heavy atom. The normalized spacial score (nSPS) is 24.8. The molecule has 1 aromatic carbocycles. The summed E-state index contributed by atoms with van der Waals surface area (Å²) in [4.78, 5) is 39.6. The quantitative estimate of drug-likeness (QED) is 0.178. The Labute approximate surface area is 301 Å². The van der Waals surface area contributed by atoms with E-state index in [0.29, 0.717) is 79.8 Å². The lowest BCUT2D eigenvalue weighted by Gasteiger charge is -2.41. The van der Waals surface area contributed by atoms with Crippen molar-refractivity contribution in [3.05, 3.63) is 66.2 Å². The van der Waals surface area contributed by atoms with Crippen LogP contribution in [0.5, 0.6) is 5.75 Å². The number of hydrogen-bond donors (Lipinski definition) is 2. The Kier molecular flexibility index (Phi) is 9.00. The fourth-order valence-electron chi connectivity index (χ4n) is 8.90. The summed E-state index contributed by atoms with van der Waals surface area (Å²) in [7, 11) is 0. The highest BCUT2D eigenvalue weighted by molar-refractivity contribution is 5.98. The first-order chi connectivity index (χ1) is 25.3. The highest BCUT2D eigenvalue weighted by Crippen LogP contribution is 2.48. The van der Waals surface area contributed by atoms with E-state index in [2.05, 4.69) is 25.2 Å². The summed E-state index contributed by atoms with van der Waals surface area (Å²) in [5.41, 5.74) is -1.12. The van der Waals surface area contributed by atoms with Gasteiger partial charge in [0.15, 0.2) is 5.69 Å². The number of alkyl halides is 5. The van der Waals surface area contributed by atoms with Gasteiger partial charge in [0.25, 0.3) is 11.8 Å². The van der Waals surface area contributed by atoms with E-state index in [9.17, 15) is 36.6 Å². The molecule has 4 fully saturated rings. The smallest absolute Gasteiger partial charge is 0.434 e. The summed E-state index contributed by atoms with van der Waals surface area (Å²) < 4.78 is 79.9. The molecule has 0 radical (unpaired) electrons. The van der Waals surface area contributed by atoms with E-state index in [1.807, 2.05) is 0 Å². The zero-order valence-corrected chi connectivity index (χ0v) is 28.7. The lowest BCUT2D eigenvalue weighted by Crippen LogP contribution is -2.44. The summed E-state index contributed by atoms with van der Waals surface area (Å²) in [5, 5.41) is 12.8. The van der Waals surface area contributed by atoms with Gasteiger partial charge in [0.1, 0.15) is 11.9 Å². The van der Waals surface area contributed by atoms with Crippen molar-refractivity contribution in [2.24, 2.45) is 17.8 Å². The van der Waals surface area contributed by atoms with Gasteiger partial charge in [-0.05, 0) is 74.3 Å². The van der Waals surface area contributed by atoms with Crippen LogP contribution in [-0.4, -0.2) is 67.7 Å². The van der Waals surface area contributed by atoms with Crippen molar-refractivity contribution in [2.75, 3.05) is 18.0 Å². The highest BCUT2D eigenvalue weighted by Gasteiger charge is 2.47. The second-order valence-corrected chi connectivity index (χ2v) is 15.1. The minimum absolute atomic E-state index is 0.0419. The molecule has 53 heavy (non-hydrogen) atoms. The number of ether oxygens (including phenoxy) is 1. The number of nitrogens with zero attached hydrogens (tertiary/aromatic N) is 5. The van der Waals surface area contributed by atoms with Crippen LogP contribution in [0.4, 0.5) is 27.9 Å². The summed E-state index contributed by atoms with van der Waals surface area (Å²) in [6.07, 6.45) is 3.32. The van der Waals surface area contributed by atoms with Crippen LogP contribution in [0.25, 0.3) is 22.2 Å². The Hall–Kier alpha value is -4.82. The lowest BCUT2D eigenvalue weighted by atomic mass is 9.66. The maximum Gasteiger partial charge on any atom is 0.434 e. The van der Waals surface area contributed by atoms with E-state index in [1.54, 1.807) is 47.4 Å². The van der Waals surface area contributed by atoms with Crippen LogP contribution in [0.2, 0.25) is 0 Å². The van der Waals surface area contributed by atoms with Gasteiger partial charge in [-0.2, -0.15) is 13.2 Å². The molecular formula is C38H39F5N6O4. The first-order valence-corrected chi connectivity index (χ1v) is 18.1. The molecule has 0 spiro atoms. The zero-order valence-electron chi connectivity index (χ0n) is 28.7. The minimum Gasteiger partial charge on any atom is -0.490 e. The maximum absolute atomic E-state index is 14.6. The summed E-state index contributed by atoms with van der Waals surface area (Å²) >= 11 is 0. The maximum atomic E-state index is 14.6. The van der Waals surface area contributed by atoms with Crippen molar-refractivity contribution in [1.29, 1.82) is 0 Å². The molecule has 8 rings (SSSR count). The molecule has 3 aliphatic carbocycles. The predicted octanol–water partition coefficient (Wildman–Crippen LogP) is 7.54. The molecule has 280 valence electrons. The molecule has 1 amide bonds. The Morgan fingerprint density at radius 3 is 2.28 bits per heavy atom. The van der Waals surface area contributed by atoms with E-state index in [4.69, 9.17) is 4.74 Å². The average molecular weight is 739 g/mol. The number of carbonyl (C=O) groups is 2. The largest absolute Gasteiger partial charge is 0.490 e. The number of carboxylic acids is 1. The third-order valence-corrected chi connectivity index (χ3v) is 11.4. The molecule has 10 nitrogen and oxygen atoms in total. The second kappa shape index (κ2) is 13.5. The number of aromatic nitrogens is 4. The van der Waals surface area contributed by atoms with E-state index in [1.165, 1.54) is 6.07 Å². The number of carboxylic acid groups (broad SMARTS) is 1. The van der Waals surface area contributed by atoms with Gasteiger partial charge < -0.3 is 24.6 Å². The third-order valence-electron chi connectivity index (χ3n) is 11.4. The van der Waals surface area contributed by atoms with Gasteiger partial charge in [0.05, 0.1) is 22.7 Å². The number of halogens is 5. The number of aliphatic carboxylic acids is 1. The van der Waals surface area contributed by atoms with Gasteiger partial charge in [-0.15, -0.1) is 0 Å². The van der Waals surface area contributed by atoms with Gasteiger partial charge in [0.2, 0.25) is 5.95 Å². The number of nitrogens with one attached hydrogen (secondary N) is 1. The number of fused-ring (bicyclic) bond motifs is 3. The van der Waals surface area contributed by atoms with Crippen LogP contribution >= 0.6 is 0 Å². The molecule has 2 atom stereocenters. The van der Waals surface area contributed by atoms with Crippen LogP contribution in [-0.2, 0) is 11.0 Å². The highest BCUT2D eigenvalue weighted by atomic mass is 19.4. The van der Waals surface area contributed by atoms with Gasteiger partial charge >= 0.3 is 12.1 Å².